The third-order valence-electron chi connectivity index (χ3n) is 3.79. The predicted octanol–water partition coefficient (Wildman–Crippen LogP) is 2.06. The van der Waals surface area contributed by atoms with Gasteiger partial charge in [-0.1, -0.05) is 0 Å². The molecule has 0 saturated carbocycles. The van der Waals surface area contributed by atoms with Gasteiger partial charge in [-0.2, -0.15) is 5.26 Å². The average Bonchev–Trinajstić information content (AvgIpc) is 3.23. The molecule has 2 N–H and O–H groups in total. The van der Waals surface area contributed by atoms with Crippen molar-refractivity contribution in [2.24, 2.45) is 0 Å². The number of rotatable bonds is 3. The van der Waals surface area contributed by atoms with E-state index < -0.39 is 0 Å². The van der Waals surface area contributed by atoms with Crippen LogP contribution in [-0.4, -0.2) is 34.7 Å². The van der Waals surface area contributed by atoms with E-state index in [2.05, 4.69) is 21.4 Å². The van der Waals surface area contributed by atoms with Gasteiger partial charge in [-0.25, -0.2) is 9.78 Å². The van der Waals surface area contributed by atoms with Gasteiger partial charge in [0, 0.05) is 37.6 Å². The smallest absolute Gasteiger partial charge is 0.321 e. The maximum Gasteiger partial charge on any atom is 0.321 e. The molecule has 0 aliphatic carbocycles. The van der Waals surface area contributed by atoms with Crippen molar-refractivity contribution in [3.63, 3.8) is 0 Å². The second-order valence-corrected chi connectivity index (χ2v) is 5.16. The number of imidazole rings is 1. The largest absolute Gasteiger partial charge is 0.351 e. The Hall–Kier alpha value is -3.27. The van der Waals surface area contributed by atoms with Crippen LogP contribution in [0.4, 0.5) is 10.5 Å². The Labute approximate surface area is 133 Å². The first-order valence-corrected chi connectivity index (χ1v) is 7.10. The molecule has 3 rings (SSSR count). The Balaban J connectivity index is 2.10. The summed E-state index contributed by atoms with van der Waals surface area (Å²) >= 11 is 0. The van der Waals surface area contributed by atoms with E-state index in [1.807, 2.05) is 29.1 Å². The minimum absolute atomic E-state index is 0.237. The van der Waals surface area contributed by atoms with E-state index in [9.17, 15) is 10.1 Å². The summed E-state index contributed by atoms with van der Waals surface area (Å²) in [6.45, 7) is 0.588. The van der Waals surface area contributed by atoms with Gasteiger partial charge in [0.1, 0.15) is 0 Å². The molecule has 0 unspecified atom stereocenters. The summed E-state index contributed by atoms with van der Waals surface area (Å²) in [6, 6.07) is 7.49. The number of nitriles is 1. The van der Waals surface area contributed by atoms with E-state index in [0.717, 1.165) is 16.6 Å². The van der Waals surface area contributed by atoms with Crippen molar-refractivity contribution in [1.82, 2.24) is 19.9 Å². The zero-order valence-corrected chi connectivity index (χ0v) is 12.9. The first kappa shape index (κ1) is 14.7. The van der Waals surface area contributed by atoms with E-state index in [0.29, 0.717) is 17.8 Å². The number of fused-ring (bicyclic) bond motifs is 1. The number of aromatic nitrogens is 3. The number of nitrogens with one attached hydrogen (secondary N) is 2. The number of urea groups is 1. The Morgan fingerprint density at radius 3 is 3.00 bits per heavy atom. The molecule has 2 heterocycles. The molecule has 0 fully saturated rings. The van der Waals surface area contributed by atoms with E-state index in [1.165, 1.54) is 4.90 Å². The van der Waals surface area contributed by atoms with Crippen molar-refractivity contribution >= 4 is 22.6 Å². The fourth-order valence-electron chi connectivity index (χ4n) is 2.54. The van der Waals surface area contributed by atoms with Gasteiger partial charge in [-0.05, 0) is 18.2 Å². The van der Waals surface area contributed by atoms with Crippen LogP contribution >= 0.6 is 0 Å². The number of amides is 2. The van der Waals surface area contributed by atoms with Crippen LogP contribution in [0.5, 0.6) is 0 Å². The lowest BCUT2D eigenvalue weighted by atomic mass is 10.1. The molecule has 7 heteroatoms. The third kappa shape index (κ3) is 2.62. The maximum atomic E-state index is 11.8. The highest BCUT2D eigenvalue weighted by molar-refractivity contribution is 5.96. The SMILES string of the molecule is CNC(=O)N(C)c1cc(C#N)c2ccn(Cc3c[nH]cn3)c2c1. The summed E-state index contributed by atoms with van der Waals surface area (Å²) in [5, 5.41) is 12.8. The number of H-pyrrole nitrogens is 1. The Morgan fingerprint density at radius 1 is 1.52 bits per heavy atom. The van der Waals surface area contributed by atoms with Crippen molar-refractivity contribution in [3.8, 4) is 6.07 Å². The molecule has 0 aliphatic rings. The molecule has 0 aliphatic heterocycles. The first-order valence-electron chi connectivity index (χ1n) is 7.10. The lowest BCUT2D eigenvalue weighted by Gasteiger charge is -2.17. The highest BCUT2D eigenvalue weighted by Gasteiger charge is 2.14. The minimum Gasteiger partial charge on any atom is -0.351 e. The molecule has 3 aromatic rings. The van der Waals surface area contributed by atoms with Crippen LogP contribution in [0.15, 0.2) is 36.9 Å². The molecule has 0 atom stereocenters. The fourth-order valence-corrected chi connectivity index (χ4v) is 2.54. The number of aromatic amines is 1. The average molecular weight is 308 g/mol. The molecule has 116 valence electrons. The van der Waals surface area contributed by atoms with Gasteiger partial charge in [0.15, 0.2) is 0 Å². The topological polar surface area (TPSA) is 89.7 Å². The standard InChI is InChI=1S/C16H16N6O/c1-18-16(23)21(2)13-5-11(7-17)14-3-4-22(15(14)6-13)9-12-8-19-10-20-12/h3-6,8,10H,9H2,1-2H3,(H,18,23)(H,19,20). The first-order chi connectivity index (χ1) is 11.1. The molecule has 0 saturated heterocycles. The van der Waals surface area contributed by atoms with Crippen LogP contribution in [0.1, 0.15) is 11.3 Å². The lowest BCUT2D eigenvalue weighted by molar-refractivity contribution is 0.249. The molecule has 0 spiro atoms. The molecule has 0 radical (unpaired) electrons. The molecular formula is C16H16N6O. The second kappa shape index (κ2) is 5.85. The quantitative estimate of drug-likeness (QED) is 0.776. The summed E-state index contributed by atoms with van der Waals surface area (Å²) in [6.07, 6.45) is 5.38. The van der Waals surface area contributed by atoms with Gasteiger partial charge in [0.2, 0.25) is 0 Å². The van der Waals surface area contributed by atoms with Gasteiger partial charge < -0.3 is 14.9 Å². The van der Waals surface area contributed by atoms with E-state index in [1.54, 1.807) is 26.5 Å². The number of carbonyl (C=O) groups excluding carboxylic acids is 1. The van der Waals surface area contributed by atoms with E-state index in [4.69, 9.17) is 0 Å². The lowest BCUT2D eigenvalue weighted by Crippen LogP contribution is -2.34. The normalized spacial score (nSPS) is 10.5. The number of anilines is 1. The van der Waals surface area contributed by atoms with Gasteiger partial charge >= 0.3 is 6.03 Å². The van der Waals surface area contributed by atoms with Crippen molar-refractivity contribution in [3.05, 3.63) is 48.2 Å². The number of hydrogen-bond acceptors (Lipinski definition) is 3. The third-order valence-corrected chi connectivity index (χ3v) is 3.79. The van der Waals surface area contributed by atoms with Gasteiger partial charge in [-0.15, -0.1) is 0 Å². The van der Waals surface area contributed by atoms with E-state index in [-0.39, 0.29) is 6.03 Å². The van der Waals surface area contributed by atoms with E-state index >= 15 is 0 Å². The monoisotopic (exact) mass is 308 g/mol. The summed E-state index contributed by atoms with van der Waals surface area (Å²) < 4.78 is 2.01. The highest BCUT2D eigenvalue weighted by atomic mass is 16.2. The Bertz CT molecular complexity index is 887. The predicted molar refractivity (Wildman–Crippen MR) is 87.2 cm³/mol. The zero-order chi connectivity index (χ0) is 16.4. The van der Waals surface area contributed by atoms with Crippen LogP contribution in [0.2, 0.25) is 0 Å². The summed E-state index contributed by atoms with van der Waals surface area (Å²) in [5.41, 5.74) is 2.98. The molecule has 2 aromatic heterocycles. The zero-order valence-electron chi connectivity index (χ0n) is 12.9. The van der Waals surface area contributed by atoms with Crippen LogP contribution in [0, 0.1) is 11.3 Å². The van der Waals surface area contributed by atoms with Crippen molar-refractivity contribution in [2.45, 2.75) is 6.54 Å². The number of benzene rings is 1. The van der Waals surface area contributed by atoms with Gasteiger partial charge in [0.05, 0.1) is 35.7 Å². The summed E-state index contributed by atoms with van der Waals surface area (Å²) in [4.78, 5) is 20.5. The van der Waals surface area contributed by atoms with Crippen LogP contribution in [-0.2, 0) is 6.54 Å². The van der Waals surface area contributed by atoms with Crippen LogP contribution < -0.4 is 10.2 Å². The molecule has 0 bridgehead atoms. The van der Waals surface area contributed by atoms with Crippen molar-refractivity contribution in [2.75, 3.05) is 19.0 Å². The van der Waals surface area contributed by atoms with Crippen molar-refractivity contribution in [1.29, 1.82) is 5.26 Å². The minimum atomic E-state index is -0.237. The fraction of sp³-hybridized carbons (Fsp3) is 0.188. The highest BCUT2D eigenvalue weighted by Crippen LogP contribution is 2.27. The molecule has 1 aromatic carbocycles. The molecule has 2 amide bonds. The molecule has 23 heavy (non-hydrogen) atoms. The molecule has 7 nitrogen and oxygen atoms in total. The number of carbonyl (C=O) groups is 1. The van der Waals surface area contributed by atoms with Gasteiger partial charge in [0.25, 0.3) is 0 Å². The summed E-state index contributed by atoms with van der Waals surface area (Å²) in [7, 11) is 3.24. The number of hydrogen-bond donors (Lipinski definition) is 2. The van der Waals surface area contributed by atoms with Gasteiger partial charge in [-0.3, -0.25) is 4.90 Å². The summed E-state index contributed by atoms with van der Waals surface area (Å²) in [5.74, 6) is 0. The second-order valence-electron chi connectivity index (χ2n) is 5.16. The Morgan fingerprint density at radius 2 is 2.35 bits per heavy atom. The number of nitrogens with zero attached hydrogens (tertiary/aromatic N) is 4. The van der Waals surface area contributed by atoms with Crippen LogP contribution in [0.3, 0.4) is 0 Å². The maximum absolute atomic E-state index is 11.8. The molecular weight excluding hydrogens is 292 g/mol. The Kier molecular flexibility index (Phi) is 3.73. The van der Waals surface area contributed by atoms with Crippen LogP contribution in [0.25, 0.3) is 10.9 Å². The van der Waals surface area contributed by atoms with Crippen molar-refractivity contribution < 1.29 is 4.79 Å².